The Kier molecular flexibility index (Phi) is 7.43. The van der Waals surface area contributed by atoms with Gasteiger partial charge in [-0.3, -0.25) is 9.59 Å². The van der Waals surface area contributed by atoms with Crippen LogP contribution in [0.25, 0.3) is 22.1 Å². The number of ether oxygens (including phenoxy) is 2. The van der Waals surface area contributed by atoms with Crippen molar-refractivity contribution >= 4 is 22.6 Å². The van der Waals surface area contributed by atoms with Crippen molar-refractivity contribution in [2.24, 2.45) is 0 Å². The van der Waals surface area contributed by atoms with Crippen LogP contribution in [-0.2, 0) is 10.2 Å². The number of benzene rings is 4. The lowest BCUT2D eigenvalue weighted by molar-refractivity contribution is -0.118. The fourth-order valence-corrected chi connectivity index (χ4v) is 4.52. The van der Waals surface area contributed by atoms with Crippen LogP contribution in [0.1, 0.15) is 32.1 Å². The second-order valence-electron chi connectivity index (χ2n) is 10.6. The van der Waals surface area contributed by atoms with E-state index >= 15 is 0 Å². The van der Waals surface area contributed by atoms with Gasteiger partial charge < -0.3 is 19.2 Å². The molecular formula is C34H31NO5. The van der Waals surface area contributed by atoms with Gasteiger partial charge in [0.2, 0.25) is 11.2 Å². The van der Waals surface area contributed by atoms with Gasteiger partial charge in [0.1, 0.15) is 22.8 Å². The third-order valence-corrected chi connectivity index (χ3v) is 6.55. The summed E-state index contributed by atoms with van der Waals surface area (Å²) < 4.78 is 17.6. The predicted molar refractivity (Wildman–Crippen MR) is 158 cm³/mol. The summed E-state index contributed by atoms with van der Waals surface area (Å²) in [6, 6.07) is 30.2. The molecule has 6 heteroatoms. The number of para-hydroxylation sites is 1. The molecule has 1 aromatic heterocycles. The minimum absolute atomic E-state index is 0.118. The first kappa shape index (κ1) is 26.8. The van der Waals surface area contributed by atoms with Gasteiger partial charge in [0.05, 0.1) is 5.39 Å². The molecule has 40 heavy (non-hydrogen) atoms. The average Bonchev–Trinajstić information content (AvgIpc) is 2.94. The minimum atomic E-state index is -0.283. The molecule has 0 saturated carbocycles. The van der Waals surface area contributed by atoms with E-state index in [9.17, 15) is 9.59 Å². The SMILES string of the molecule is Cc1oc2cc(OCC(=O)Nc3ccccc3C(C)(C)C)ccc2c(=O)c1Oc1ccc(-c2ccccc2)cc1. The van der Waals surface area contributed by atoms with Crippen LogP contribution in [0.15, 0.2) is 106 Å². The maximum absolute atomic E-state index is 13.2. The number of hydrogen-bond acceptors (Lipinski definition) is 5. The molecule has 0 aliphatic rings. The van der Waals surface area contributed by atoms with Gasteiger partial charge in [-0.05, 0) is 59.4 Å². The van der Waals surface area contributed by atoms with Crippen molar-refractivity contribution in [1.29, 1.82) is 0 Å². The van der Waals surface area contributed by atoms with Crippen molar-refractivity contribution in [3.63, 3.8) is 0 Å². The summed E-state index contributed by atoms with van der Waals surface area (Å²) in [7, 11) is 0. The van der Waals surface area contributed by atoms with E-state index in [1.54, 1.807) is 25.1 Å². The van der Waals surface area contributed by atoms with E-state index in [-0.39, 0.29) is 29.1 Å². The van der Waals surface area contributed by atoms with E-state index < -0.39 is 0 Å². The molecule has 1 N–H and O–H groups in total. The van der Waals surface area contributed by atoms with E-state index in [1.807, 2.05) is 78.9 Å². The quantitative estimate of drug-likeness (QED) is 0.230. The van der Waals surface area contributed by atoms with Gasteiger partial charge in [0.25, 0.3) is 5.91 Å². The fourth-order valence-electron chi connectivity index (χ4n) is 4.52. The first-order valence-electron chi connectivity index (χ1n) is 13.1. The van der Waals surface area contributed by atoms with Gasteiger partial charge in [-0.1, -0.05) is 81.4 Å². The Hall–Kier alpha value is -4.84. The molecule has 0 aliphatic carbocycles. The van der Waals surface area contributed by atoms with Crippen LogP contribution in [0.3, 0.4) is 0 Å². The first-order valence-corrected chi connectivity index (χ1v) is 13.1. The summed E-state index contributed by atoms with van der Waals surface area (Å²) in [5.74, 6) is 1.15. The molecule has 202 valence electrons. The number of nitrogens with one attached hydrogen (secondary N) is 1. The zero-order valence-electron chi connectivity index (χ0n) is 23.0. The Morgan fingerprint density at radius 1 is 0.825 bits per heavy atom. The van der Waals surface area contributed by atoms with Gasteiger partial charge in [-0.2, -0.15) is 0 Å². The number of rotatable bonds is 7. The molecule has 0 aliphatic heterocycles. The second-order valence-corrected chi connectivity index (χ2v) is 10.6. The lowest BCUT2D eigenvalue weighted by Crippen LogP contribution is -2.23. The summed E-state index contributed by atoms with van der Waals surface area (Å²) >= 11 is 0. The standard InChI is InChI=1S/C34H31NO5/c1-22-33(40-25-16-14-24(15-17-25)23-10-6-5-7-11-23)32(37)27-19-18-26(20-30(27)39-22)38-21-31(36)35-29-13-9-8-12-28(29)34(2,3)4/h5-20H,21H2,1-4H3,(H,35,36). The summed E-state index contributed by atoms with van der Waals surface area (Å²) in [5, 5.41) is 3.29. The molecule has 5 aromatic rings. The Balaban J connectivity index is 1.29. The second kappa shape index (κ2) is 11.1. The molecule has 5 rings (SSSR count). The van der Waals surface area contributed by atoms with Gasteiger partial charge >= 0.3 is 0 Å². The van der Waals surface area contributed by atoms with Crippen LogP contribution >= 0.6 is 0 Å². The fraction of sp³-hybridized carbons (Fsp3) is 0.176. The molecule has 4 aromatic carbocycles. The van der Waals surface area contributed by atoms with E-state index in [1.165, 1.54) is 0 Å². The van der Waals surface area contributed by atoms with Crippen LogP contribution in [0.2, 0.25) is 0 Å². The van der Waals surface area contributed by atoms with Crippen molar-refractivity contribution in [2.45, 2.75) is 33.1 Å². The van der Waals surface area contributed by atoms with Gasteiger partial charge in [0.15, 0.2) is 6.61 Å². The molecule has 0 fully saturated rings. The topological polar surface area (TPSA) is 77.8 Å². The summed E-state index contributed by atoms with van der Waals surface area (Å²) in [5.41, 5.74) is 3.89. The van der Waals surface area contributed by atoms with Crippen molar-refractivity contribution in [3.05, 3.63) is 119 Å². The molecule has 0 spiro atoms. The van der Waals surface area contributed by atoms with Crippen molar-refractivity contribution in [2.75, 3.05) is 11.9 Å². The molecule has 0 radical (unpaired) electrons. The van der Waals surface area contributed by atoms with Gasteiger partial charge in [-0.15, -0.1) is 0 Å². The van der Waals surface area contributed by atoms with Crippen molar-refractivity contribution < 1.29 is 18.7 Å². The van der Waals surface area contributed by atoms with Gasteiger partial charge in [0, 0.05) is 11.8 Å². The molecule has 1 amide bonds. The smallest absolute Gasteiger partial charge is 0.262 e. The number of fused-ring (bicyclic) bond motifs is 1. The Morgan fingerprint density at radius 3 is 2.20 bits per heavy atom. The highest BCUT2D eigenvalue weighted by Crippen LogP contribution is 2.30. The molecule has 0 atom stereocenters. The van der Waals surface area contributed by atoms with Crippen molar-refractivity contribution in [3.8, 4) is 28.4 Å². The largest absolute Gasteiger partial charge is 0.484 e. The minimum Gasteiger partial charge on any atom is -0.484 e. The Labute approximate surface area is 233 Å². The van der Waals surface area contributed by atoms with Crippen molar-refractivity contribution in [1.82, 2.24) is 0 Å². The van der Waals surface area contributed by atoms with Gasteiger partial charge in [-0.25, -0.2) is 0 Å². The molecule has 6 nitrogen and oxygen atoms in total. The highest BCUT2D eigenvalue weighted by atomic mass is 16.5. The molecule has 1 heterocycles. The lowest BCUT2D eigenvalue weighted by atomic mass is 9.86. The van der Waals surface area contributed by atoms with E-state index in [0.29, 0.717) is 28.2 Å². The number of anilines is 1. The maximum atomic E-state index is 13.2. The van der Waals surface area contributed by atoms with E-state index in [2.05, 4.69) is 26.1 Å². The van der Waals surface area contributed by atoms with E-state index in [0.717, 1.165) is 22.4 Å². The molecule has 0 unspecified atom stereocenters. The molecule has 0 bridgehead atoms. The zero-order chi connectivity index (χ0) is 28.3. The summed E-state index contributed by atoms with van der Waals surface area (Å²) in [4.78, 5) is 25.9. The number of carbonyl (C=O) groups is 1. The van der Waals surface area contributed by atoms with Crippen LogP contribution in [-0.4, -0.2) is 12.5 Å². The third-order valence-electron chi connectivity index (χ3n) is 6.55. The Morgan fingerprint density at radius 2 is 1.48 bits per heavy atom. The summed E-state index contributed by atoms with van der Waals surface area (Å²) in [6.45, 7) is 7.78. The van der Waals surface area contributed by atoms with Crippen LogP contribution in [0.5, 0.6) is 17.2 Å². The first-order chi connectivity index (χ1) is 19.2. The van der Waals surface area contributed by atoms with Crippen LogP contribution in [0.4, 0.5) is 5.69 Å². The number of amides is 1. The normalized spacial score (nSPS) is 11.3. The number of aryl methyl sites for hydroxylation is 1. The highest BCUT2D eigenvalue weighted by Gasteiger charge is 2.19. The van der Waals surface area contributed by atoms with Crippen LogP contribution < -0.4 is 20.2 Å². The summed E-state index contributed by atoms with van der Waals surface area (Å²) in [6.07, 6.45) is 0. The number of carbonyl (C=O) groups excluding carboxylic acids is 1. The highest BCUT2D eigenvalue weighted by molar-refractivity contribution is 5.93. The molecular weight excluding hydrogens is 502 g/mol. The number of hydrogen-bond donors (Lipinski definition) is 1. The maximum Gasteiger partial charge on any atom is 0.262 e. The zero-order valence-corrected chi connectivity index (χ0v) is 23.0. The monoisotopic (exact) mass is 533 g/mol. The van der Waals surface area contributed by atoms with Crippen LogP contribution in [0, 0.1) is 6.92 Å². The molecule has 0 saturated heterocycles. The van der Waals surface area contributed by atoms with E-state index in [4.69, 9.17) is 13.9 Å². The lowest BCUT2D eigenvalue weighted by Gasteiger charge is -2.23. The predicted octanol–water partition coefficient (Wildman–Crippen LogP) is 7.88. The third kappa shape index (κ3) is 5.91. The average molecular weight is 534 g/mol. The Bertz CT molecular complexity index is 1710.